The van der Waals surface area contributed by atoms with Crippen molar-refractivity contribution in [1.29, 1.82) is 0 Å². The highest BCUT2D eigenvalue weighted by Crippen LogP contribution is 2.55. The number of hydrogen-bond donors (Lipinski definition) is 1. The van der Waals surface area contributed by atoms with Gasteiger partial charge in [0, 0.05) is 17.2 Å². The summed E-state index contributed by atoms with van der Waals surface area (Å²) in [7, 11) is 0. The molecule has 4 bridgehead atoms. The molecule has 0 radical (unpaired) electrons. The molecule has 4 saturated carbocycles. The first-order chi connectivity index (χ1) is 12.5. The van der Waals surface area contributed by atoms with Crippen LogP contribution in [0.2, 0.25) is 0 Å². The summed E-state index contributed by atoms with van der Waals surface area (Å²) in [6.07, 6.45) is 9.62. The summed E-state index contributed by atoms with van der Waals surface area (Å²) in [6, 6.07) is 6.16. The van der Waals surface area contributed by atoms with Crippen molar-refractivity contribution >= 4 is 18.0 Å². The third kappa shape index (κ3) is 3.67. The van der Waals surface area contributed by atoms with Crippen molar-refractivity contribution in [2.75, 3.05) is 6.61 Å². The van der Waals surface area contributed by atoms with Crippen LogP contribution >= 0.6 is 0 Å². The average molecular weight is 357 g/mol. The molecule has 4 aliphatic carbocycles. The van der Waals surface area contributed by atoms with Crippen LogP contribution in [0.25, 0.3) is 6.08 Å². The quantitative estimate of drug-likeness (QED) is 0.648. The Balaban J connectivity index is 1.28. The van der Waals surface area contributed by atoms with E-state index < -0.39 is 11.8 Å². The molecule has 5 rings (SSSR count). The molecule has 1 N–H and O–H groups in total. The molecule has 1 amide bonds. The van der Waals surface area contributed by atoms with E-state index in [2.05, 4.69) is 5.32 Å². The minimum Gasteiger partial charge on any atom is -0.452 e. The van der Waals surface area contributed by atoms with E-state index in [0.717, 1.165) is 43.1 Å². The fourth-order valence-electron chi connectivity index (χ4n) is 5.55. The zero-order valence-corrected chi connectivity index (χ0v) is 14.7. The van der Waals surface area contributed by atoms with Crippen molar-refractivity contribution in [1.82, 2.24) is 5.32 Å². The number of rotatable bonds is 5. The lowest BCUT2D eigenvalue weighted by Gasteiger charge is -2.56. The molecule has 4 nitrogen and oxygen atoms in total. The van der Waals surface area contributed by atoms with E-state index in [1.54, 1.807) is 18.2 Å². The molecular weight excluding hydrogens is 333 g/mol. The lowest BCUT2D eigenvalue weighted by Crippen LogP contribution is -2.60. The molecule has 0 spiro atoms. The molecule has 1 aromatic carbocycles. The lowest BCUT2D eigenvalue weighted by atomic mass is 9.53. The van der Waals surface area contributed by atoms with Gasteiger partial charge in [-0.3, -0.25) is 4.79 Å². The number of amides is 1. The topological polar surface area (TPSA) is 55.4 Å². The normalized spacial score (nSPS) is 32.0. The smallest absolute Gasteiger partial charge is 0.331 e. The van der Waals surface area contributed by atoms with Gasteiger partial charge in [0.15, 0.2) is 6.61 Å². The molecular formula is C21H24FNO3. The van der Waals surface area contributed by atoms with E-state index in [0.29, 0.717) is 5.56 Å². The number of benzene rings is 1. The second kappa shape index (κ2) is 6.86. The predicted molar refractivity (Wildman–Crippen MR) is 95.4 cm³/mol. The van der Waals surface area contributed by atoms with Crippen LogP contribution in [-0.4, -0.2) is 24.0 Å². The Hall–Kier alpha value is -2.17. The van der Waals surface area contributed by atoms with Gasteiger partial charge < -0.3 is 10.1 Å². The van der Waals surface area contributed by atoms with Crippen molar-refractivity contribution in [3.63, 3.8) is 0 Å². The Kier molecular flexibility index (Phi) is 4.55. The summed E-state index contributed by atoms with van der Waals surface area (Å²) in [5.74, 6) is 0.943. The van der Waals surface area contributed by atoms with Crippen LogP contribution < -0.4 is 5.32 Å². The van der Waals surface area contributed by atoms with E-state index in [-0.39, 0.29) is 18.1 Å². The second-order valence-corrected chi connectivity index (χ2v) is 8.21. The highest BCUT2D eigenvalue weighted by Gasteiger charge is 2.51. The number of hydrogen-bond acceptors (Lipinski definition) is 3. The molecule has 0 heterocycles. The zero-order valence-electron chi connectivity index (χ0n) is 14.7. The van der Waals surface area contributed by atoms with Crippen LogP contribution in [0.4, 0.5) is 4.39 Å². The van der Waals surface area contributed by atoms with Crippen LogP contribution in [0.3, 0.4) is 0 Å². The maximum atomic E-state index is 13.5. The molecule has 138 valence electrons. The van der Waals surface area contributed by atoms with Crippen molar-refractivity contribution in [2.24, 2.45) is 17.8 Å². The molecule has 0 aliphatic heterocycles. The summed E-state index contributed by atoms with van der Waals surface area (Å²) < 4.78 is 18.5. The van der Waals surface area contributed by atoms with Gasteiger partial charge in [-0.05, 0) is 68.4 Å². The average Bonchev–Trinajstić information content (AvgIpc) is 2.57. The molecule has 0 unspecified atom stereocenters. The maximum Gasteiger partial charge on any atom is 0.331 e. The standard InChI is InChI=1S/C21H24FNO3/c22-18-4-2-1-3-17(18)5-6-20(25)26-13-19(24)23-21-10-14-7-15(11-21)9-16(8-14)12-21/h1-6,14-16H,7-13H2,(H,23,24)/b6-5+. The summed E-state index contributed by atoms with van der Waals surface area (Å²) in [4.78, 5) is 24.1. The van der Waals surface area contributed by atoms with Crippen LogP contribution in [0.5, 0.6) is 0 Å². The Bertz CT molecular complexity index is 707. The summed E-state index contributed by atoms with van der Waals surface area (Å²) in [5, 5.41) is 3.16. The van der Waals surface area contributed by atoms with Crippen LogP contribution in [0.15, 0.2) is 30.3 Å². The molecule has 4 fully saturated rings. The Labute approximate surface area is 152 Å². The Morgan fingerprint density at radius 2 is 1.73 bits per heavy atom. The molecule has 26 heavy (non-hydrogen) atoms. The third-order valence-corrected chi connectivity index (χ3v) is 6.09. The number of halogens is 1. The van der Waals surface area contributed by atoms with Gasteiger partial charge in [0.25, 0.3) is 5.91 Å². The highest BCUT2D eigenvalue weighted by atomic mass is 19.1. The number of nitrogens with one attached hydrogen (secondary N) is 1. The van der Waals surface area contributed by atoms with Gasteiger partial charge in [-0.25, -0.2) is 9.18 Å². The van der Waals surface area contributed by atoms with E-state index >= 15 is 0 Å². The van der Waals surface area contributed by atoms with Gasteiger partial charge in [-0.1, -0.05) is 18.2 Å². The predicted octanol–water partition coefficient (Wildman–Crippen LogP) is 3.47. The van der Waals surface area contributed by atoms with E-state index in [9.17, 15) is 14.0 Å². The van der Waals surface area contributed by atoms with Crippen LogP contribution in [0.1, 0.15) is 44.1 Å². The van der Waals surface area contributed by atoms with Crippen LogP contribution in [-0.2, 0) is 14.3 Å². The molecule has 0 aromatic heterocycles. The number of ether oxygens (including phenoxy) is 1. The zero-order chi connectivity index (χ0) is 18.1. The first kappa shape index (κ1) is 17.3. The van der Waals surface area contributed by atoms with Crippen LogP contribution in [0, 0.1) is 23.6 Å². The van der Waals surface area contributed by atoms with E-state index in [4.69, 9.17) is 4.74 Å². The van der Waals surface area contributed by atoms with Crippen molar-refractivity contribution in [2.45, 2.75) is 44.1 Å². The van der Waals surface area contributed by atoms with Gasteiger partial charge in [-0.2, -0.15) is 0 Å². The molecule has 1 aromatic rings. The molecule has 5 heteroatoms. The Morgan fingerprint density at radius 3 is 2.35 bits per heavy atom. The first-order valence-electron chi connectivity index (χ1n) is 9.42. The fourth-order valence-corrected chi connectivity index (χ4v) is 5.55. The number of esters is 1. The van der Waals surface area contributed by atoms with Crippen molar-refractivity contribution < 1.29 is 18.7 Å². The SMILES string of the molecule is O=C(COC(=O)/C=C/c1ccccc1F)NC12CC3CC(CC(C3)C1)C2. The maximum absolute atomic E-state index is 13.5. The minimum absolute atomic E-state index is 0.0821. The highest BCUT2D eigenvalue weighted by molar-refractivity contribution is 5.89. The van der Waals surface area contributed by atoms with E-state index in [1.807, 2.05) is 0 Å². The lowest BCUT2D eigenvalue weighted by molar-refractivity contribution is -0.145. The van der Waals surface area contributed by atoms with Gasteiger partial charge in [0.05, 0.1) is 0 Å². The van der Waals surface area contributed by atoms with E-state index in [1.165, 1.54) is 31.4 Å². The van der Waals surface area contributed by atoms with Gasteiger partial charge in [0.1, 0.15) is 5.82 Å². The monoisotopic (exact) mass is 357 g/mol. The second-order valence-electron chi connectivity index (χ2n) is 8.21. The van der Waals surface area contributed by atoms with Gasteiger partial charge in [-0.15, -0.1) is 0 Å². The summed E-state index contributed by atoms with van der Waals surface area (Å²) in [6.45, 7) is -0.289. The minimum atomic E-state index is -0.645. The summed E-state index contributed by atoms with van der Waals surface area (Å²) in [5.41, 5.74) is 0.226. The molecule has 0 atom stereocenters. The Morgan fingerprint density at radius 1 is 1.12 bits per heavy atom. The fraction of sp³-hybridized carbons (Fsp3) is 0.524. The largest absolute Gasteiger partial charge is 0.452 e. The third-order valence-electron chi connectivity index (χ3n) is 6.09. The number of carbonyl (C=O) groups excluding carboxylic acids is 2. The summed E-state index contributed by atoms with van der Waals surface area (Å²) >= 11 is 0. The van der Waals surface area contributed by atoms with Crippen molar-refractivity contribution in [3.8, 4) is 0 Å². The molecule has 0 saturated heterocycles. The van der Waals surface area contributed by atoms with Gasteiger partial charge in [0.2, 0.25) is 0 Å². The van der Waals surface area contributed by atoms with Crippen molar-refractivity contribution in [3.05, 3.63) is 41.7 Å². The first-order valence-corrected chi connectivity index (χ1v) is 9.42. The molecule has 4 aliphatic rings. The number of carbonyl (C=O) groups is 2. The van der Waals surface area contributed by atoms with Gasteiger partial charge >= 0.3 is 5.97 Å².